The zero-order valence-corrected chi connectivity index (χ0v) is 24.6. The molecule has 0 radical (unpaired) electrons. The average molecular weight is 559 g/mol. The molecule has 0 bridgehead atoms. The molecule has 0 amide bonds. The number of hydrogen-bond donors (Lipinski definition) is 0. The van der Waals surface area contributed by atoms with Gasteiger partial charge in [0, 0.05) is 36.9 Å². The molecule has 39 heavy (non-hydrogen) atoms. The molecule has 0 fully saturated rings. The number of pyridine rings is 1. The summed E-state index contributed by atoms with van der Waals surface area (Å²) in [4.78, 5) is 2.73. The van der Waals surface area contributed by atoms with Gasteiger partial charge in [-0.3, -0.25) is 0 Å². The first-order valence-corrected chi connectivity index (χ1v) is 15.6. The zero-order valence-electron chi connectivity index (χ0n) is 22.2. The van der Waals surface area contributed by atoms with Crippen LogP contribution < -0.4 is 4.57 Å². The van der Waals surface area contributed by atoms with Crippen LogP contribution in [0.4, 0.5) is 0 Å². The van der Waals surface area contributed by atoms with Gasteiger partial charge in [0.2, 0.25) is 0 Å². The minimum absolute atomic E-state index is 0.884. The van der Waals surface area contributed by atoms with Crippen LogP contribution in [0.1, 0.15) is 22.3 Å². The van der Waals surface area contributed by atoms with E-state index >= 15 is 0 Å². The maximum absolute atomic E-state index is 2.40. The quantitative estimate of drug-likeness (QED) is 0.185. The van der Waals surface area contributed by atoms with E-state index in [2.05, 4.69) is 129 Å². The molecule has 4 heteroatoms. The fourth-order valence-corrected chi connectivity index (χ4v) is 9.77. The smallest absolute Gasteiger partial charge is 0.173 e. The predicted octanol–water partition coefficient (Wildman–Crippen LogP) is 10.4. The fourth-order valence-electron chi connectivity index (χ4n) is 5.57. The lowest BCUT2D eigenvalue weighted by Crippen LogP contribution is -2.32. The van der Waals surface area contributed by atoms with Gasteiger partial charge in [-0.05, 0) is 72.4 Å². The Morgan fingerprint density at radius 3 is 1.92 bits per heavy atom. The SMILES string of the molecule is Cc1cc(C)c(-c2cc3sc4cc(-c5cccc(-c6cc[n+](Cc7ccccc7)cc6)c5)sc4c3s2)c(C)c1. The van der Waals surface area contributed by atoms with Crippen molar-refractivity contribution < 1.29 is 4.57 Å². The van der Waals surface area contributed by atoms with Crippen molar-refractivity contribution >= 4 is 52.8 Å². The number of nitrogens with zero attached hydrogens (tertiary/aromatic N) is 1. The first-order valence-electron chi connectivity index (χ1n) is 13.2. The van der Waals surface area contributed by atoms with Crippen molar-refractivity contribution in [1.82, 2.24) is 0 Å². The molecule has 0 saturated carbocycles. The molecule has 0 spiro atoms. The van der Waals surface area contributed by atoms with Crippen LogP contribution >= 0.6 is 34.0 Å². The Kier molecular flexibility index (Phi) is 6.19. The Labute approximate surface area is 241 Å². The van der Waals surface area contributed by atoms with Gasteiger partial charge < -0.3 is 0 Å². The molecule has 0 N–H and O–H groups in total. The summed E-state index contributed by atoms with van der Waals surface area (Å²) in [6.45, 7) is 7.55. The van der Waals surface area contributed by atoms with E-state index in [1.54, 1.807) is 0 Å². The second-order valence-corrected chi connectivity index (χ2v) is 13.5. The Morgan fingerprint density at radius 2 is 1.21 bits per heavy atom. The van der Waals surface area contributed by atoms with Crippen molar-refractivity contribution in [3.05, 3.63) is 126 Å². The number of hydrogen-bond acceptors (Lipinski definition) is 3. The Morgan fingerprint density at radius 1 is 0.564 bits per heavy atom. The van der Waals surface area contributed by atoms with Gasteiger partial charge in [-0.1, -0.05) is 66.2 Å². The van der Waals surface area contributed by atoms with Gasteiger partial charge in [0.15, 0.2) is 18.9 Å². The van der Waals surface area contributed by atoms with E-state index in [1.807, 2.05) is 34.0 Å². The second kappa shape index (κ2) is 9.87. The molecular weight excluding hydrogens is 531 g/mol. The molecule has 3 aromatic carbocycles. The summed E-state index contributed by atoms with van der Waals surface area (Å²) in [5.74, 6) is 0. The van der Waals surface area contributed by atoms with Gasteiger partial charge in [0.1, 0.15) is 0 Å². The average Bonchev–Trinajstić information content (AvgIpc) is 3.60. The van der Waals surface area contributed by atoms with E-state index in [0.717, 1.165) is 6.54 Å². The summed E-state index contributed by atoms with van der Waals surface area (Å²) in [5, 5.41) is 0. The summed E-state index contributed by atoms with van der Waals surface area (Å²) in [7, 11) is 0. The third-order valence-electron chi connectivity index (χ3n) is 7.33. The molecule has 7 rings (SSSR count). The maximum atomic E-state index is 2.40. The Balaban J connectivity index is 1.19. The molecule has 4 aromatic heterocycles. The highest BCUT2D eigenvalue weighted by molar-refractivity contribution is 7.40. The van der Waals surface area contributed by atoms with Crippen LogP contribution in [-0.4, -0.2) is 0 Å². The number of aromatic nitrogens is 1. The second-order valence-electron chi connectivity index (χ2n) is 10.3. The van der Waals surface area contributed by atoms with Gasteiger partial charge in [-0.2, -0.15) is 0 Å². The third-order valence-corrected chi connectivity index (χ3v) is 11.2. The third kappa shape index (κ3) is 4.63. The van der Waals surface area contributed by atoms with Crippen molar-refractivity contribution in [3.63, 3.8) is 0 Å². The summed E-state index contributed by atoms with van der Waals surface area (Å²) in [6, 6.07) is 33.4. The van der Waals surface area contributed by atoms with Crippen LogP contribution in [0.5, 0.6) is 0 Å². The minimum Gasteiger partial charge on any atom is -0.201 e. The molecular formula is C35H28NS3+. The molecule has 0 saturated heterocycles. The fraction of sp³-hybridized carbons (Fsp3) is 0.114. The largest absolute Gasteiger partial charge is 0.201 e. The van der Waals surface area contributed by atoms with E-state index < -0.39 is 0 Å². The molecule has 1 nitrogen and oxygen atoms in total. The van der Waals surface area contributed by atoms with E-state index in [0.29, 0.717) is 0 Å². The first kappa shape index (κ1) is 24.5. The molecule has 4 heterocycles. The molecule has 0 aliphatic carbocycles. The lowest BCUT2D eigenvalue weighted by Gasteiger charge is -2.09. The lowest BCUT2D eigenvalue weighted by atomic mass is 9.99. The van der Waals surface area contributed by atoms with Crippen LogP contribution in [0.25, 0.3) is 50.8 Å². The molecule has 0 aliphatic rings. The highest BCUT2D eigenvalue weighted by atomic mass is 32.1. The van der Waals surface area contributed by atoms with Gasteiger partial charge in [0.25, 0.3) is 0 Å². The van der Waals surface area contributed by atoms with Gasteiger partial charge in [0.05, 0.1) is 9.40 Å². The van der Waals surface area contributed by atoms with E-state index in [4.69, 9.17) is 0 Å². The minimum atomic E-state index is 0.884. The summed E-state index contributed by atoms with van der Waals surface area (Å²) in [5.41, 5.74) is 10.6. The first-order chi connectivity index (χ1) is 19.0. The monoisotopic (exact) mass is 558 g/mol. The molecule has 190 valence electrons. The van der Waals surface area contributed by atoms with Crippen LogP contribution in [0.2, 0.25) is 0 Å². The molecule has 0 atom stereocenters. The van der Waals surface area contributed by atoms with Gasteiger partial charge >= 0.3 is 0 Å². The predicted molar refractivity (Wildman–Crippen MR) is 171 cm³/mol. The van der Waals surface area contributed by atoms with Crippen molar-refractivity contribution in [2.45, 2.75) is 27.3 Å². The number of thiophene rings is 3. The Bertz CT molecular complexity index is 1930. The molecule has 7 aromatic rings. The number of aryl methyl sites for hydroxylation is 3. The van der Waals surface area contributed by atoms with E-state index in [1.165, 1.54) is 73.1 Å². The lowest BCUT2D eigenvalue weighted by molar-refractivity contribution is -0.688. The maximum Gasteiger partial charge on any atom is 0.173 e. The highest BCUT2D eigenvalue weighted by Gasteiger charge is 2.17. The topological polar surface area (TPSA) is 3.88 Å². The number of rotatable bonds is 5. The van der Waals surface area contributed by atoms with Crippen LogP contribution in [-0.2, 0) is 6.54 Å². The standard InChI is InChI=1S/C35H28NS3/c1-22-16-23(2)33(24(3)17-22)30-20-32-35(39-30)34-31(37-32)19-29(38-34)28-11-7-10-27(18-28)26-12-14-36(15-13-26)21-25-8-5-4-6-9-25/h4-20H,21H2,1-3H3/q+1. The Hall–Kier alpha value is -3.57. The normalized spacial score (nSPS) is 11.6. The van der Waals surface area contributed by atoms with Crippen molar-refractivity contribution in [2.75, 3.05) is 0 Å². The van der Waals surface area contributed by atoms with Crippen molar-refractivity contribution in [1.29, 1.82) is 0 Å². The van der Waals surface area contributed by atoms with Crippen LogP contribution in [0.15, 0.2) is 103 Å². The number of benzene rings is 3. The van der Waals surface area contributed by atoms with Crippen molar-refractivity contribution in [3.8, 4) is 32.0 Å². The molecule has 0 unspecified atom stereocenters. The van der Waals surface area contributed by atoms with Crippen LogP contribution in [0, 0.1) is 20.8 Å². The summed E-state index contributed by atoms with van der Waals surface area (Å²) < 4.78 is 7.89. The van der Waals surface area contributed by atoms with Gasteiger partial charge in [-0.15, -0.1) is 34.0 Å². The van der Waals surface area contributed by atoms with E-state index in [9.17, 15) is 0 Å². The van der Waals surface area contributed by atoms with Crippen LogP contribution in [0.3, 0.4) is 0 Å². The van der Waals surface area contributed by atoms with E-state index in [-0.39, 0.29) is 0 Å². The summed E-state index contributed by atoms with van der Waals surface area (Å²) >= 11 is 5.81. The number of fused-ring (bicyclic) bond motifs is 3. The van der Waals surface area contributed by atoms with Crippen molar-refractivity contribution in [2.24, 2.45) is 0 Å². The highest BCUT2D eigenvalue weighted by Crippen LogP contribution is 2.49. The van der Waals surface area contributed by atoms with Gasteiger partial charge in [-0.25, -0.2) is 4.57 Å². The zero-order chi connectivity index (χ0) is 26.5. The summed E-state index contributed by atoms with van der Waals surface area (Å²) in [6.07, 6.45) is 4.36. The molecule has 0 aliphatic heterocycles.